The van der Waals surface area contributed by atoms with E-state index < -0.39 is 5.54 Å². The van der Waals surface area contributed by atoms with Crippen LogP contribution in [0.15, 0.2) is 48.7 Å². The first-order valence-electron chi connectivity index (χ1n) is 6.55. The number of hydrogen-bond donors (Lipinski definition) is 2. The van der Waals surface area contributed by atoms with E-state index in [-0.39, 0.29) is 6.03 Å². The van der Waals surface area contributed by atoms with Gasteiger partial charge in [-0.2, -0.15) is 0 Å². The van der Waals surface area contributed by atoms with Crippen LogP contribution in [0, 0.1) is 6.92 Å². The average Bonchev–Trinajstić information content (AvgIpc) is 2.39. The summed E-state index contributed by atoms with van der Waals surface area (Å²) >= 11 is 0. The van der Waals surface area contributed by atoms with E-state index >= 15 is 0 Å². The van der Waals surface area contributed by atoms with E-state index in [2.05, 4.69) is 15.6 Å². The van der Waals surface area contributed by atoms with Crippen LogP contribution in [0.2, 0.25) is 0 Å². The van der Waals surface area contributed by atoms with Crippen molar-refractivity contribution in [2.24, 2.45) is 0 Å². The second-order valence-electron chi connectivity index (χ2n) is 5.26. The fourth-order valence-electron chi connectivity index (χ4n) is 2.00. The fraction of sp³-hybridized carbons (Fsp3) is 0.250. The monoisotopic (exact) mass is 269 g/mol. The molecule has 0 radical (unpaired) electrons. The van der Waals surface area contributed by atoms with Gasteiger partial charge in [0.15, 0.2) is 0 Å². The Morgan fingerprint density at radius 3 is 2.50 bits per heavy atom. The van der Waals surface area contributed by atoms with Gasteiger partial charge in [-0.25, -0.2) is 4.79 Å². The lowest BCUT2D eigenvalue weighted by atomic mass is 9.95. The lowest BCUT2D eigenvalue weighted by molar-refractivity contribution is 0.242. The lowest BCUT2D eigenvalue weighted by Gasteiger charge is -2.27. The Kier molecular flexibility index (Phi) is 4.03. The first-order valence-corrected chi connectivity index (χ1v) is 6.55. The van der Waals surface area contributed by atoms with Crippen LogP contribution in [0.4, 0.5) is 10.5 Å². The fourth-order valence-corrected chi connectivity index (χ4v) is 2.00. The Morgan fingerprint density at radius 2 is 1.85 bits per heavy atom. The summed E-state index contributed by atoms with van der Waals surface area (Å²) in [5.74, 6) is 0. The molecule has 0 fully saturated rings. The van der Waals surface area contributed by atoms with Crippen molar-refractivity contribution in [1.29, 1.82) is 0 Å². The number of anilines is 1. The number of amides is 2. The summed E-state index contributed by atoms with van der Waals surface area (Å²) in [4.78, 5) is 16.2. The van der Waals surface area contributed by atoms with Gasteiger partial charge >= 0.3 is 6.03 Å². The SMILES string of the molecule is Cc1cc(NC(=O)NC(C)(C)c2ccccc2)ccn1. The average molecular weight is 269 g/mol. The molecule has 2 amide bonds. The highest BCUT2D eigenvalue weighted by atomic mass is 16.2. The third-order valence-corrected chi connectivity index (χ3v) is 3.08. The molecule has 0 aliphatic carbocycles. The second-order valence-corrected chi connectivity index (χ2v) is 5.26. The van der Waals surface area contributed by atoms with Crippen molar-refractivity contribution < 1.29 is 4.79 Å². The first kappa shape index (κ1) is 14.1. The topological polar surface area (TPSA) is 54.0 Å². The highest BCUT2D eigenvalue weighted by molar-refractivity contribution is 5.89. The number of pyridine rings is 1. The zero-order valence-electron chi connectivity index (χ0n) is 12.0. The molecular weight excluding hydrogens is 250 g/mol. The highest BCUT2D eigenvalue weighted by Gasteiger charge is 2.22. The number of aryl methyl sites for hydroxylation is 1. The summed E-state index contributed by atoms with van der Waals surface area (Å²) in [7, 11) is 0. The number of aromatic nitrogens is 1. The standard InChI is InChI=1S/C16H19N3O/c1-12-11-14(9-10-17-12)18-15(20)19-16(2,3)13-7-5-4-6-8-13/h4-11H,1-3H3,(H2,17,18,19,20). The number of carbonyl (C=O) groups is 1. The molecule has 0 atom stereocenters. The van der Waals surface area contributed by atoms with Crippen molar-refractivity contribution in [2.75, 3.05) is 5.32 Å². The van der Waals surface area contributed by atoms with Gasteiger partial charge in [-0.05, 0) is 38.5 Å². The van der Waals surface area contributed by atoms with Crippen molar-refractivity contribution in [2.45, 2.75) is 26.3 Å². The zero-order chi connectivity index (χ0) is 14.6. The third kappa shape index (κ3) is 3.57. The largest absolute Gasteiger partial charge is 0.329 e. The molecule has 0 aliphatic rings. The van der Waals surface area contributed by atoms with Crippen LogP contribution in [0.25, 0.3) is 0 Å². The number of benzene rings is 1. The Hall–Kier alpha value is -2.36. The van der Waals surface area contributed by atoms with E-state index in [1.54, 1.807) is 12.3 Å². The van der Waals surface area contributed by atoms with E-state index in [0.29, 0.717) is 0 Å². The number of urea groups is 1. The molecule has 1 aromatic heterocycles. The second kappa shape index (κ2) is 5.74. The molecule has 0 spiro atoms. The molecule has 0 bridgehead atoms. The van der Waals surface area contributed by atoms with Crippen LogP contribution in [0.5, 0.6) is 0 Å². The van der Waals surface area contributed by atoms with E-state index in [0.717, 1.165) is 16.9 Å². The predicted octanol–water partition coefficient (Wildman–Crippen LogP) is 3.45. The quantitative estimate of drug-likeness (QED) is 0.896. The van der Waals surface area contributed by atoms with E-state index in [1.807, 2.05) is 57.2 Å². The molecule has 0 saturated carbocycles. The molecule has 1 aromatic carbocycles. The minimum atomic E-state index is -0.437. The predicted molar refractivity (Wildman–Crippen MR) is 80.6 cm³/mol. The molecule has 2 N–H and O–H groups in total. The van der Waals surface area contributed by atoms with Gasteiger partial charge in [0.25, 0.3) is 0 Å². The number of nitrogens with zero attached hydrogens (tertiary/aromatic N) is 1. The van der Waals surface area contributed by atoms with Crippen LogP contribution in [-0.4, -0.2) is 11.0 Å². The Bertz CT molecular complexity index is 594. The molecular formula is C16H19N3O. The van der Waals surface area contributed by atoms with Gasteiger partial charge in [0.05, 0.1) is 5.54 Å². The summed E-state index contributed by atoms with van der Waals surface area (Å²) < 4.78 is 0. The Balaban J connectivity index is 2.04. The molecule has 1 heterocycles. The van der Waals surface area contributed by atoms with Gasteiger partial charge in [-0.1, -0.05) is 30.3 Å². The molecule has 20 heavy (non-hydrogen) atoms. The summed E-state index contributed by atoms with van der Waals surface area (Å²) in [6, 6.07) is 13.2. The highest BCUT2D eigenvalue weighted by Crippen LogP contribution is 2.19. The number of carbonyl (C=O) groups excluding carboxylic acids is 1. The van der Waals surface area contributed by atoms with Crippen LogP contribution in [0.3, 0.4) is 0 Å². The van der Waals surface area contributed by atoms with Crippen LogP contribution < -0.4 is 10.6 Å². The zero-order valence-corrected chi connectivity index (χ0v) is 12.0. The molecule has 4 heteroatoms. The van der Waals surface area contributed by atoms with Crippen molar-refractivity contribution in [3.05, 3.63) is 59.9 Å². The van der Waals surface area contributed by atoms with Crippen molar-refractivity contribution >= 4 is 11.7 Å². The summed E-state index contributed by atoms with van der Waals surface area (Å²) in [5.41, 5.74) is 2.22. The molecule has 2 rings (SSSR count). The van der Waals surface area contributed by atoms with Gasteiger partial charge in [0, 0.05) is 17.6 Å². The van der Waals surface area contributed by atoms with Gasteiger partial charge < -0.3 is 10.6 Å². The number of hydrogen-bond acceptors (Lipinski definition) is 2. The normalized spacial score (nSPS) is 10.9. The maximum atomic E-state index is 12.1. The maximum Gasteiger partial charge on any atom is 0.319 e. The van der Waals surface area contributed by atoms with Gasteiger partial charge in [0.1, 0.15) is 0 Å². The molecule has 0 unspecified atom stereocenters. The van der Waals surface area contributed by atoms with Gasteiger partial charge in [-0.3, -0.25) is 4.98 Å². The van der Waals surface area contributed by atoms with Gasteiger partial charge in [-0.15, -0.1) is 0 Å². The van der Waals surface area contributed by atoms with Crippen molar-refractivity contribution in [3.63, 3.8) is 0 Å². The summed E-state index contributed by atoms with van der Waals surface area (Å²) in [6.45, 7) is 5.83. The molecule has 104 valence electrons. The molecule has 0 saturated heterocycles. The third-order valence-electron chi connectivity index (χ3n) is 3.08. The Morgan fingerprint density at radius 1 is 1.15 bits per heavy atom. The smallest absolute Gasteiger partial charge is 0.319 e. The Labute approximate surface area is 119 Å². The van der Waals surface area contributed by atoms with E-state index in [4.69, 9.17) is 0 Å². The first-order chi connectivity index (χ1) is 9.47. The molecule has 0 aliphatic heterocycles. The van der Waals surface area contributed by atoms with E-state index in [1.165, 1.54) is 0 Å². The van der Waals surface area contributed by atoms with Crippen LogP contribution in [0.1, 0.15) is 25.1 Å². The van der Waals surface area contributed by atoms with Gasteiger partial charge in [0.2, 0.25) is 0 Å². The molecule has 4 nitrogen and oxygen atoms in total. The number of rotatable bonds is 3. The maximum absolute atomic E-state index is 12.1. The van der Waals surface area contributed by atoms with Crippen LogP contribution in [-0.2, 0) is 5.54 Å². The summed E-state index contributed by atoms with van der Waals surface area (Å²) in [6.07, 6.45) is 1.67. The minimum Gasteiger partial charge on any atom is -0.329 e. The number of nitrogens with one attached hydrogen (secondary N) is 2. The molecule has 2 aromatic rings. The van der Waals surface area contributed by atoms with Crippen LogP contribution >= 0.6 is 0 Å². The van der Waals surface area contributed by atoms with Crippen molar-refractivity contribution in [3.8, 4) is 0 Å². The lowest BCUT2D eigenvalue weighted by Crippen LogP contribution is -2.43. The van der Waals surface area contributed by atoms with E-state index in [9.17, 15) is 4.79 Å². The summed E-state index contributed by atoms with van der Waals surface area (Å²) in [5, 5.41) is 5.79. The minimum absolute atomic E-state index is 0.232. The van der Waals surface area contributed by atoms with Crippen molar-refractivity contribution in [1.82, 2.24) is 10.3 Å².